The van der Waals surface area contributed by atoms with E-state index in [2.05, 4.69) is 12.2 Å². The van der Waals surface area contributed by atoms with Crippen LogP contribution in [-0.2, 0) is 4.74 Å². The lowest BCUT2D eigenvalue weighted by Crippen LogP contribution is -2.40. The topological polar surface area (TPSA) is 50.8 Å². The highest BCUT2D eigenvalue weighted by Crippen LogP contribution is 2.31. The first-order valence-corrected chi connectivity index (χ1v) is 9.62. The second-order valence-electron chi connectivity index (χ2n) is 6.79. The average Bonchev–Trinajstić information content (AvgIpc) is 3.21. The molecule has 0 radical (unpaired) electrons. The molecule has 0 saturated carbocycles. The minimum atomic E-state index is -0.0791. The van der Waals surface area contributed by atoms with Gasteiger partial charge < -0.3 is 19.7 Å². The van der Waals surface area contributed by atoms with E-state index in [-0.39, 0.29) is 12.1 Å². The molecule has 1 aliphatic rings. The normalized spacial score (nSPS) is 16.1. The van der Waals surface area contributed by atoms with Gasteiger partial charge in [0.2, 0.25) is 0 Å². The number of hydrogen-bond donors (Lipinski definition) is 1. The summed E-state index contributed by atoms with van der Waals surface area (Å²) in [6.07, 6.45) is 3.17. The third-order valence-electron chi connectivity index (χ3n) is 4.76. The van der Waals surface area contributed by atoms with Crippen LogP contribution in [0.3, 0.4) is 0 Å². The number of rotatable bonds is 7. The molecule has 3 rings (SSSR count). The van der Waals surface area contributed by atoms with Crippen LogP contribution in [0.15, 0.2) is 48.5 Å². The number of ether oxygens (including phenoxy) is 2. The fourth-order valence-corrected chi connectivity index (χ4v) is 3.43. The molecule has 5 nitrogen and oxygen atoms in total. The smallest absolute Gasteiger partial charge is 0.321 e. The van der Waals surface area contributed by atoms with Crippen molar-refractivity contribution in [1.82, 2.24) is 4.90 Å². The molecular formula is C22H28N2O3. The first-order chi connectivity index (χ1) is 13.2. The molecule has 2 aromatic rings. The average molecular weight is 368 g/mol. The van der Waals surface area contributed by atoms with Crippen LogP contribution >= 0.6 is 0 Å². The van der Waals surface area contributed by atoms with E-state index in [4.69, 9.17) is 9.47 Å². The lowest BCUT2D eigenvalue weighted by atomic mass is 10.0. The molecule has 1 saturated heterocycles. The quantitative estimate of drug-likeness (QED) is 0.765. The number of hydrogen-bond acceptors (Lipinski definition) is 3. The van der Waals surface area contributed by atoms with Crippen molar-refractivity contribution < 1.29 is 14.3 Å². The second-order valence-corrected chi connectivity index (χ2v) is 6.79. The Labute approximate surface area is 161 Å². The van der Waals surface area contributed by atoms with Crippen molar-refractivity contribution >= 4 is 11.7 Å². The van der Waals surface area contributed by atoms with Crippen LogP contribution in [0.5, 0.6) is 5.75 Å². The number of para-hydroxylation sites is 1. The summed E-state index contributed by atoms with van der Waals surface area (Å²) in [5, 5.41) is 3.04. The third kappa shape index (κ3) is 5.01. The van der Waals surface area contributed by atoms with Crippen molar-refractivity contribution in [2.24, 2.45) is 0 Å². The minimum Gasteiger partial charge on any atom is -0.496 e. The van der Waals surface area contributed by atoms with Gasteiger partial charge in [-0.1, -0.05) is 37.3 Å². The van der Waals surface area contributed by atoms with E-state index in [1.807, 2.05) is 53.4 Å². The molecule has 5 heteroatoms. The van der Waals surface area contributed by atoms with Gasteiger partial charge in [-0.25, -0.2) is 4.79 Å². The van der Waals surface area contributed by atoms with Crippen molar-refractivity contribution in [3.63, 3.8) is 0 Å². The maximum Gasteiger partial charge on any atom is 0.321 e. The number of carbonyl (C=O) groups is 1. The maximum atomic E-state index is 12.8. The van der Waals surface area contributed by atoms with Crippen LogP contribution in [-0.4, -0.2) is 43.8 Å². The number of nitrogens with one attached hydrogen (secondary N) is 1. The zero-order valence-corrected chi connectivity index (χ0v) is 16.1. The van der Waals surface area contributed by atoms with Gasteiger partial charge in [-0.3, -0.25) is 0 Å². The van der Waals surface area contributed by atoms with Crippen LogP contribution in [0.4, 0.5) is 10.5 Å². The Kier molecular flexibility index (Phi) is 6.71. The molecule has 1 aliphatic heterocycles. The zero-order valence-electron chi connectivity index (χ0n) is 16.1. The molecule has 2 aromatic carbocycles. The highest BCUT2D eigenvalue weighted by Gasteiger charge is 2.22. The summed E-state index contributed by atoms with van der Waals surface area (Å²) < 4.78 is 11.2. The summed E-state index contributed by atoms with van der Waals surface area (Å²) >= 11 is 0. The van der Waals surface area contributed by atoms with Gasteiger partial charge in [-0.2, -0.15) is 0 Å². The van der Waals surface area contributed by atoms with Crippen molar-refractivity contribution in [2.45, 2.75) is 32.3 Å². The molecule has 1 atom stereocenters. The summed E-state index contributed by atoms with van der Waals surface area (Å²) in [4.78, 5) is 14.6. The standard InChI is InChI=1S/C22H28N2O3/c1-3-13-24(16-19-10-7-14-27-19)22(25)23-18-9-6-8-17(15-18)20-11-4-5-12-21(20)26-2/h4-6,8-9,11-12,15,19H,3,7,10,13-14,16H2,1-2H3,(H,23,25)/t19-/m1/s1. The molecule has 0 unspecified atom stereocenters. The van der Waals surface area contributed by atoms with E-state index in [0.717, 1.165) is 55.0 Å². The molecule has 1 N–H and O–H groups in total. The Morgan fingerprint density at radius 3 is 2.85 bits per heavy atom. The SMILES string of the molecule is CCCN(C[C@H]1CCCO1)C(=O)Nc1cccc(-c2ccccc2OC)c1. The largest absolute Gasteiger partial charge is 0.496 e. The molecular weight excluding hydrogens is 340 g/mol. The third-order valence-corrected chi connectivity index (χ3v) is 4.76. The molecule has 0 spiro atoms. The van der Waals surface area contributed by atoms with Gasteiger partial charge in [-0.05, 0) is 43.0 Å². The molecule has 27 heavy (non-hydrogen) atoms. The predicted molar refractivity (Wildman–Crippen MR) is 108 cm³/mol. The Bertz CT molecular complexity index is 757. The van der Waals surface area contributed by atoms with E-state index >= 15 is 0 Å². The Morgan fingerprint density at radius 1 is 1.26 bits per heavy atom. The zero-order chi connectivity index (χ0) is 19.1. The van der Waals surface area contributed by atoms with E-state index < -0.39 is 0 Å². The first kappa shape index (κ1) is 19.2. The number of methoxy groups -OCH3 is 1. The van der Waals surface area contributed by atoms with Crippen LogP contribution in [0.1, 0.15) is 26.2 Å². The molecule has 1 fully saturated rings. The van der Waals surface area contributed by atoms with Crippen molar-refractivity contribution in [3.05, 3.63) is 48.5 Å². The van der Waals surface area contributed by atoms with E-state index in [1.165, 1.54) is 0 Å². The Hall–Kier alpha value is -2.53. The number of anilines is 1. The minimum absolute atomic E-state index is 0.0791. The number of benzene rings is 2. The summed E-state index contributed by atoms with van der Waals surface area (Å²) in [5.41, 5.74) is 2.78. The predicted octanol–water partition coefficient (Wildman–Crippen LogP) is 4.79. The molecule has 0 bridgehead atoms. The second kappa shape index (κ2) is 9.42. The lowest BCUT2D eigenvalue weighted by Gasteiger charge is -2.25. The molecule has 2 amide bonds. The van der Waals surface area contributed by atoms with Crippen molar-refractivity contribution in [3.8, 4) is 16.9 Å². The highest BCUT2D eigenvalue weighted by atomic mass is 16.5. The fourth-order valence-electron chi connectivity index (χ4n) is 3.43. The number of amides is 2. The van der Waals surface area contributed by atoms with Crippen molar-refractivity contribution in [1.29, 1.82) is 0 Å². The van der Waals surface area contributed by atoms with Gasteiger partial charge in [0.25, 0.3) is 0 Å². The van der Waals surface area contributed by atoms with E-state index in [0.29, 0.717) is 6.54 Å². The summed E-state index contributed by atoms with van der Waals surface area (Å²) in [5.74, 6) is 0.812. The van der Waals surface area contributed by atoms with Crippen LogP contribution in [0.2, 0.25) is 0 Å². The van der Waals surface area contributed by atoms with Gasteiger partial charge in [0.1, 0.15) is 5.75 Å². The molecule has 0 aromatic heterocycles. The number of urea groups is 1. The monoisotopic (exact) mass is 368 g/mol. The Balaban J connectivity index is 1.73. The van der Waals surface area contributed by atoms with Gasteiger partial charge >= 0.3 is 6.03 Å². The van der Waals surface area contributed by atoms with Crippen LogP contribution in [0.25, 0.3) is 11.1 Å². The first-order valence-electron chi connectivity index (χ1n) is 9.62. The molecule has 0 aliphatic carbocycles. The van der Waals surface area contributed by atoms with Crippen molar-refractivity contribution in [2.75, 3.05) is 32.1 Å². The summed E-state index contributed by atoms with van der Waals surface area (Å²) in [7, 11) is 1.66. The van der Waals surface area contributed by atoms with Crippen LogP contribution < -0.4 is 10.1 Å². The summed E-state index contributed by atoms with van der Waals surface area (Å²) in [6.45, 7) is 4.25. The van der Waals surface area contributed by atoms with Gasteiger partial charge in [0, 0.05) is 30.9 Å². The summed E-state index contributed by atoms with van der Waals surface area (Å²) in [6, 6.07) is 15.6. The van der Waals surface area contributed by atoms with E-state index in [1.54, 1.807) is 7.11 Å². The highest BCUT2D eigenvalue weighted by molar-refractivity contribution is 5.90. The maximum absolute atomic E-state index is 12.8. The Morgan fingerprint density at radius 2 is 2.11 bits per heavy atom. The molecule has 144 valence electrons. The molecule has 1 heterocycles. The fraction of sp³-hybridized carbons (Fsp3) is 0.409. The lowest BCUT2D eigenvalue weighted by molar-refractivity contribution is 0.0836. The number of nitrogens with zero attached hydrogens (tertiary/aromatic N) is 1. The van der Waals surface area contributed by atoms with Gasteiger partial charge in [0.15, 0.2) is 0 Å². The van der Waals surface area contributed by atoms with Gasteiger partial charge in [0.05, 0.1) is 13.2 Å². The van der Waals surface area contributed by atoms with Gasteiger partial charge in [-0.15, -0.1) is 0 Å². The van der Waals surface area contributed by atoms with Crippen LogP contribution in [0, 0.1) is 0 Å². The number of carbonyl (C=O) groups excluding carboxylic acids is 1. The van der Waals surface area contributed by atoms with E-state index in [9.17, 15) is 4.79 Å².